The van der Waals surface area contributed by atoms with Gasteiger partial charge in [0.15, 0.2) is 5.79 Å². The van der Waals surface area contributed by atoms with Crippen LogP contribution >= 0.6 is 18.6 Å². The van der Waals surface area contributed by atoms with E-state index in [1.165, 1.54) is 0 Å². The fourth-order valence-electron chi connectivity index (χ4n) is 8.51. The summed E-state index contributed by atoms with van der Waals surface area (Å²) in [6, 6.07) is 56.4. The van der Waals surface area contributed by atoms with E-state index in [9.17, 15) is 10.2 Å². The fourth-order valence-corrected chi connectivity index (χ4v) is 8.51. The van der Waals surface area contributed by atoms with Gasteiger partial charge in [0, 0.05) is 0 Å². The second-order valence-corrected chi connectivity index (χ2v) is 16.8. The number of hydrogen-bond donors (Lipinski definition) is 2. The molecule has 0 saturated carbocycles. The summed E-state index contributed by atoms with van der Waals surface area (Å²) in [5, 5.41) is 35.6. The average molecular weight is 786 g/mol. The monoisotopic (exact) mass is 784 g/mol. The maximum absolute atomic E-state index is 14.0. The molecule has 2 N–H and O–H groups in total. The van der Waals surface area contributed by atoms with Crippen molar-refractivity contribution in [2.75, 3.05) is 0 Å². The number of hydrogen-bond acceptors (Lipinski definition) is 4. The first-order chi connectivity index (χ1) is 26.2. The van der Waals surface area contributed by atoms with Crippen LogP contribution in [0.2, 0.25) is 0 Å². The van der Waals surface area contributed by atoms with Gasteiger partial charge in [-0.2, -0.15) is 0 Å². The first-order valence-electron chi connectivity index (χ1n) is 17.9. The third kappa shape index (κ3) is 6.25. The molecule has 0 radical (unpaired) electrons. The van der Waals surface area contributed by atoms with E-state index in [0.717, 1.165) is 43.1 Å². The predicted molar refractivity (Wildman–Crippen MR) is 217 cm³/mol. The van der Waals surface area contributed by atoms with Gasteiger partial charge in [-0.1, -0.05) is 170 Å². The van der Waals surface area contributed by atoms with Crippen LogP contribution in [0.15, 0.2) is 170 Å². The van der Waals surface area contributed by atoms with E-state index in [2.05, 4.69) is 48.5 Å². The average Bonchev–Trinajstić information content (AvgIpc) is 3.55. The van der Waals surface area contributed by atoms with Crippen LogP contribution in [-0.2, 0) is 37.7 Å². The molecule has 8 aromatic carbocycles. The summed E-state index contributed by atoms with van der Waals surface area (Å²) in [7, 11) is 9.78. The summed E-state index contributed by atoms with van der Waals surface area (Å²) in [4.78, 5) is 0. The van der Waals surface area contributed by atoms with Crippen LogP contribution < -0.4 is 0 Å². The Morgan fingerprint density at radius 1 is 0.426 bits per heavy atom. The minimum absolute atomic E-state index is 0.556. The van der Waals surface area contributed by atoms with Crippen LogP contribution in [-0.4, -0.2) is 28.2 Å². The van der Waals surface area contributed by atoms with E-state index >= 15 is 0 Å². The maximum atomic E-state index is 14.0. The minimum atomic E-state index is -1.80. The van der Waals surface area contributed by atoms with Crippen LogP contribution in [0, 0.1) is 0 Å². The number of ether oxygens (including phenoxy) is 2. The molecule has 7 heteroatoms. The van der Waals surface area contributed by atoms with Gasteiger partial charge in [0.1, 0.15) is 23.4 Å². The molecule has 1 heterocycles. The third-order valence-electron chi connectivity index (χ3n) is 10.7. The number of aliphatic hydroxyl groups is 2. The first kappa shape index (κ1) is 36.9. The van der Waals surface area contributed by atoms with Crippen molar-refractivity contribution in [3.8, 4) is 0 Å². The molecule has 2 atom stereocenters. The van der Waals surface area contributed by atoms with Crippen molar-refractivity contribution < 1.29 is 36.7 Å². The predicted octanol–water partition coefficient (Wildman–Crippen LogP) is 11.4. The Bertz CT molecular complexity index is 2270. The molecule has 4 nitrogen and oxygen atoms in total. The van der Waals surface area contributed by atoms with Crippen LogP contribution in [0.25, 0.3) is 43.1 Å². The van der Waals surface area contributed by atoms with E-state index in [4.69, 9.17) is 28.1 Å². The Hall–Kier alpha value is -4.07. The van der Waals surface area contributed by atoms with Crippen molar-refractivity contribution in [1.29, 1.82) is 0 Å². The standard InChI is InChI=1S/C47H38O4.2ClH.Ti/c1-45(2)50-43(46(48,39-27-11-19-31-15-3-7-23-35(31)39)40-28-12-20-32-16-4-8-24-36(32)40)44(51-45)47(49,41-29-13-21-33-17-5-9-25-37(33)41)42-30-14-22-34-18-6-10-26-38(34)42;;;/h3-30,43-44,48-49H,1-2H3;2*1H;/q;;;+2/p-2/t43-,44?;;;/m1.../s1. The topological polar surface area (TPSA) is 58.9 Å². The molecule has 1 aliphatic heterocycles. The molecule has 8 aromatic rings. The molecular formula is C47H38Cl2O4Ti. The third-order valence-corrected chi connectivity index (χ3v) is 10.7. The van der Waals surface area contributed by atoms with Gasteiger partial charge in [-0.25, -0.2) is 0 Å². The van der Waals surface area contributed by atoms with Gasteiger partial charge < -0.3 is 19.7 Å². The van der Waals surface area contributed by atoms with E-state index in [1.807, 2.05) is 135 Å². The Balaban J connectivity index is 0.00000134. The van der Waals surface area contributed by atoms with Crippen LogP contribution in [0.1, 0.15) is 36.1 Å². The molecule has 1 aliphatic rings. The van der Waals surface area contributed by atoms with E-state index < -0.39 is 46.2 Å². The molecule has 9 rings (SSSR count). The summed E-state index contributed by atoms with van der Waals surface area (Å²) >= 11 is -0.556. The van der Waals surface area contributed by atoms with Gasteiger partial charge in [0.2, 0.25) is 0 Å². The number of benzene rings is 8. The van der Waals surface area contributed by atoms with Gasteiger partial charge in [-0.15, -0.1) is 0 Å². The Morgan fingerprint density at radius 2 is 0.648 bits per heavy atom. The number of halogens is 2. The fraction of sp³-hybridized carbons (Fsp3) is 0.149. The van der Waals surface area contributed by atoms with Gasteiger partial charge in [-0.05, 0) is 79.2 Å². The molecular weight excluding hydrogens is 747 g/mol. The number of fused-ring (bicyclic) bond motifs is 4. The zero-order valence-corrected chi connectivity index (χ0v) is 32.9. The quantitative estimate of drug-likeness (QED) is 0.165. The summed E-state index contributed by atoms with van der Waals surface area (Å²) in [5.41, 5.74) is -0.914. The molecule has 54 heavy (non-hydrogen) atoms. The van der Waals surface area contributed by atoms with Crippen molar-refractivity contribution in [2.45, 2.75) is 43.0 Å². The second-order valence-electron chi connectivity index (χ2n) is 14.2. The molecule has 0 aliphatic carbocycles. The van der Waals surface area contributed by atoms with Crippen molar-refractivity contribution >= 4 is 61.7 Å². The van der Waals surface area contributed by atoms with Crippen molar-refractivity contribution in [1.82, 2.24) is 0 Å². The second kappa shape index (κ2) is 14.9. The Kier molecular flexibility index (Phi) is 10.2. The van der Waals surface area contributed by atoms with Gasteiger partial charge in [0.05, 0.1) is 0 Å². The van der Waals surface area contributed by atoms with Crippen molar-refractivity contribution in [3.05, 3.63) is 192 Å². The summed E-state index contributed by atoms with van der Waals surface area (Å²) in [5.74, 6) is -1.18. The number of rotatable bonds is 6. The first-order valence-corrected chi connectivity index (χ1v) is 22.2. The van der Waals surface area contributed by atoms with Crippen LogP contribution in [0.5, 0.6) is 0 Å². The van der Waals surface area contributed by atoms with Crippen LogP contribution in [0.4, 0.5) is 0 Å². The van der Waals surface area contributed by atoms with Crippen molar-refractivity contribution in [2.24, 2.45) is 0 Å². The normalized spacial score (nSPS) is 17.1. The molecule has 1 fully saturated rings. The SMILES string of the molecule is CC1(C)OC(C(O)(c2cccc3ccccc23)c2cccc3ccccc23)[C@H](C(O)(c2cccc3ccccc23)c2cccc3ccccc23)O1.[Cl][Ti][Cl]. The Morgan fingerprint density at radius 3 is 0.907 bits per heavy atom. The zero-order valence-electron chi connectivity index (χ0n) is 29.8. The van der Waals surface area contributed by atoms with Gasteiger partial charge in [-0.3, -0.25) is 0 Å². The molecule has 268 valence electrons. The molecule has 1 unspecified atom stereocenters. The van der Waals surface area contributed by atoms with E-state index in [1.54, 1.807) is 0 Å². The Labute approximate surface area is 331 Å². The van der Waals surface area contributed by atoms with E-state index in [0.29, 0.717) is 22.3 Å². The molecule has 0 amide bonds. The van der Waals surface area contributed by atoms with Crippen molar-refractivity contribution in [3.63, 3.8) is 0 Å². The summed E-state index contributed by atoms with van der Waals surface area (Å²) in [6.07, 6.45) is -2.18. The zero-order chi connectivity index (χ0) is 37.5. The van der Waals surface area contributed by atoms with Gasteiger partial charge in [0.25, 0.3) is 0 Å². The summed E-state index contributed by atoms with van der Waals surface area (Å²) < 4.78 is 14.0. The molecule has 0 spiro atoms. The molecule has 0 aromatic heterocycles. The van der Waals surface area contributed by atoms with Crippen LogP contribution in [0.3, 0.4) is 0 Å². The van der Waals surface area contributed by atoms with E-state index in [-0.39, 0.29) is 0 Å². The molecule has 1 saturated heterocycles. The van der Waals surface area contributed by atoms with Gasteiger partial charge >= 0.3 is 35.6 Å². The summed E-state index contributed by atoms with van der Waals surface area (Å²) in [6.45, 7) is 3.72. The molecule has 0 bridgehead atoms.